The zero-order chi connectivity index (χ0) is 16.8. The molecule has 1 aromatic carbocycles. The van der Waals surface area contributed by atoms with Crippen molar-refractivity contribution in [1.82, 2.24) is 20.4 Å². The summed E-state index contributed by atoms with van der Waals surface area (Å²) in [5.74, 6) is 0.729. The summed E-state index contributed by atoms with van der Waals surface area (Å²) in [5, 5.41) is 12.0. The van der Waals surface area contributed by atoms with Crippen LogP contribution in [-0.2, 0) is 13.6 Å². The number of aliphatic imine (C=N–C) groups is 1. The fourth-order valence-electron chi connectivity index (χ4n) is 2.17. The van der Waals surface area contributed by atoms with Gasteiger partial charge in [-0.05, 0) is 37.6 Å². The van der Waals surface area contributed by atoms with E-state index in [9.17, 15) is 0 Å². The first-order valence-corrected chi connectivity index (χ1v) is 8.23. The second-order valence-electron chi connectivity index (χ2n) is 5.17. The van der Waals surface area contributed by atoms with E-state index >= 15 is 0 Å². The molecule has 0 aliphatic rings. The molecule has 2 rings (SSSR count). The monoisotopic (exact) mass is 481 g/mol. The molecule has 0 radical (unpaired) electrons. The van der Waals surface area contributed by atoms with Crippen molar-refractivity contribution < 1.29 is 0 Å². The van der Waals surface area contributed by atoms with Crippen LogP contribution in [0.4, 0.5) is 0 Å². The molecule has 1 aromatic heterocycles. The smallest absolute Gasteiger partial charge is 0.192 e. The lowest BCUT2D eigenvalue weighted by atomic mass is 10.1. The van der Waals surface area contributed by atoms with E-state index in [1.54, 1.807) is 12.3 Å². The van der Waals surface area contributed by atoms with Gasteiger partial charge in [0, 0.05) is 29.8 Å². The molecule has 0 bridgehead atoms. The van der Waals surface area contributed by atoms with Crippen molar-refractivity contribution in [3.05, 3.63) is 51.8 Å². The van der Waals surface area contributed by atoms with Crippen LogP contribution in [-0.4, -0.2) is 22.3 Å². The molecule has 0 saturated carbocycles. The highest BCUT2D eigenvalue weighted by atomic mass is 127. The fourth-order valence-corrected chi connectivity index (χ4v) is 2.74. The Morgan fingerprint density at radius 2 is 2.08 bits per heavy atom. The summed E-state index contributed by atoms with van der Waals surface area (Å²) in [4.78, 5) is 4.59. The predicted molar refractivity (Wildman–Crippen MR) is 111 cm³/mol. The summed E-state index contributed by atoms with van der Waals surface area (Å²) in [5.41, 5.74) is 2.02. The highest BCUT2D eigenvalue weighted by Gasteiger charge is 2.12. The van der Waals surface area contributed by atoms with Gasteiger partial charge in [0.15, 0.2) is 5.96 Å². The maximum absolute atomic E-state index is 6.27. The maximum Gasteiger partial charge on any atom is 0.192 e. The standard InChI is InChI=1S/C16H21Cl2N5.HI/c1-4-19-16(20-10-13-7-8-21-23(13)3)22-11(2)14-6-5-12(17)9-15(14)18;/h5-9,11H,4,10H2,1-3H3,(H2,19,20,22);1H. The Hall–Kier alpha value is -0.990. The molecular weight excluding hydrogens is 460 g/mol. The van der Waals surface area contributed by atoms with Crippen LogP contribution in [0.15, 0.2) is 35.5 Å². The molecule has 5 nitrogen and oxygen atoms in total. The van der Waals surface area contributed by atoms with Gasteiger partial charge in [-0.3, -0.25) is 4.68 Å². The number of nitrogens with one attached hydrogen (secondary N) is 2. The van der Waals surface area contributed by atoms with E-state index in [1.165, 1.54) is 0 Å². The summed E-state index contributed by atoms with van der Waals surface area (Å²) in [6.07, 6.45) is 1.77. The van der Waals surface area contributed by atoms with Crippen LogP contribution in [0.5, 0.6) is 0 Å². The molecule has 1 unspecified atom stereocenters. The molecule has 0 saturated heterocycles. The predicted octanol–water partition coefficient (Wildman–Crippen LogP) is 4.16. The molecule has 8 heteroatoms. The number of halogens is 3. The van der Waals surface area contributed by atoms with E-state index in [4.69, 9.17) is 23.2 Å². The minimum Gasteiger partial charge on any atom is -0.357 e. The summed E-state index contributed by atoms with van der Waals surface area (Å²) in [7, 11) is 1.90. The van der Waals surface area contributed by atoms with Gasteiger partial charge in [0.25, 0.3) is 0 Å². The van der Waals surface area contributed by atoms with Crippen molar-refractivity contribution >= 4 is 53.1 Å². The molecule has 0 amide bonds. The van der Waals surface area contributed by atoms with Gasteiger partial charge in [0.1, 0.15) is 0 Å². The third-order valence-corrected chi connectivity index (χ3v) is 4.01. The normalized spacial score (nSPS) is 12.5. The van der Waals surface area contributed by atoms with Gasteiger partial charge in [0.05, 0.1) is 18.3 Å². The zero-order valence-corrected chi connectivity index (χ0v) is 17.7. The highest BCUT2D eigenvalue weighted by Crippen LogP contribution is 2.25. The first kappa shape index (κ1) is 21.1. The van der Waals surface area contributed by atoms with Crippen molar-refractivity contribution in [2.24, 2.45) is 12.0 Å². The van der Waals surface area contributed by atoms with Crippen LogP contribution in [0.1, 0.15) is 31.1 Å². The summed E-state index contributed by atoms with van der Waals surface area (Å²) in [6, 6.07) is 7.46. The number of hydrogen-bond acceptors (Lipinski definition) is 2. The van der Waals surface area contributed by atoms with Crippen LogP contribution in [0, 0.1) is 0 Å². The van der Waals surface area contributed by atoms with Gasteiger partial charge in [-0.1, -0.05) is 29.3 Å². The lowest BCUT2D eigenvalue weighted by Gasteiger charge is -2.19. The second kappa shape index (κ2) is 10.1. The molecular formula is C16H22Cl2IN5. The zero-order valence-electron chi connectivity index (χ0n) is 13.9. The summed E-state index contributed by atoms with van der Waals surface area (Å²) < 4.78 is 1.81. The molecule has 0 aliphatic carbocycles. The van der Waals surface area contributed by atoms with Gasteiger partial charge >= 0.3 is 0 Å². The minimum absolute atomic E-state index is 0. The number of aromatic nitrogens is 2. The number of rotatable bonds is 5. The van der Waals surface area contributed by atoms with Crippen molar-refractivity contribution in [3.63, 3.8) is 0 Å². The van der Waals surface area contributed by atoms with Gasteiger partial charge in [0.2, 0.25) is 0 Å². The fraction of sp³-hybridized carbons (Fsp3) is 0.375. The average Bonchev–Trinajstić information content (AvgIpc) is 2.90. The molecule has 0 fully saturated rings. The van der Waals surface area contributed by atoms with Crippen LogP contribution < -0.4 is 10.6 Å². The Bertz CT molecular complexity index is 687. The topological polar surface area (TPSA) is 54.2 Å². The third kappa shape index (κ3) is 5.82. The van der Waals surface area contributed by atoms with E-state index in [0.717, 1.165) is 23.8 Å². The van der Waals surface area contributed by atoms with E-state index < -0.39 is 0 Å². The molecule has 2 aromatic rings. The van der Waals surface area contributed by atoms with E-state index in [1.807, 2.05) is 43.8 Å². The molecule has 24 heavy (non-hydrogen) atoms. The average molecular weight is 482 g/mol. The van der Waals surface area contributed by atoms with Crippen molar-refractivity contribution in [1.29, 1.82) is 0 Å². The summed E-state index contributed by atoms with van der Waals surface area (Å²) >= 11 is 12.2. The molecule has 1 atom stereocenters. The van der Waals surface area contributed by atoms with E-state index in [2.05, 4.69) is 20.7 Å². The lowest BCUT2D eigenvalue weighted by molar-refractivity contribution is 0.677. The SMILES string of the molecule is CCNC(=NCc1ccnn1C)NC(C)c1ccc(Cl)cc1Cl.I. The van der Waals surface area contributed by atoms with Crippen LogP contribution in [0.3, 0.4) is 0 Å². The van der Waals surface area contributed by atoms with Crippen LogP contribution >= 0.6 is 47.2 Å². The molecule has 1 heterocycles. The highest BCUT2D eigenvalue weighted by molar-refractivity contribution is 14.0. The van der Waals surface area contributed by atoms with Crippen molar-refractivity contribution in [2.75, 3.05) is 6.54 Å². The Kier molecular flexibility index (Phi) is 8.86. The first-order chi connectivity index (χ1) is 11.0. The Morgan fingerprint density at radius 3 is 2.67 bits per heavy atom. The van der Waals surface area contributed by atoms with Gasteiger partial charge < -0.3 is 10.6 Å². The molecule has 132 valence electrons. The van der Waals surface area contributed by atoms with Crippen LogP contribution in [0.2, 0.25) is 10.0 Å². The Balaban J connectivity index is 0.00000288. The maximum atomic E-state index is 6.27. The lowest BCUT2D eigenvalue weighted by Crippen LogP contribution is -2.38. The Morgan fingerprint density at radius 1 is 1.33 bits per heavy atom. The van der Waals surface area contributed by atoms with Crippen molar-refractivity contribution in [3.8, 4) is 0 Å². The third-order valence-electron chi connectivity index (χ3n) is 3.45. The van der Waals surface area contributed by atoms with Gasteiger partial charge in [-0.2, -0.15) is 5.10 Å². The van der Waals surface area contributed by atoms with Gasteiger partial charge in [-0.15, -0.1) is 24.0 Å². The molecule has 0 spiro atoms. The van der Waals surface area contributed by atoms with Crippen molar-refractivity contribution in [2.45, 2.75) is 26.4 Å². The summed E-state index contributed by atoms with van der Waals surface area (Å²) in [6.45, 7) is 5.39. The quantitative estimate of drug-likeness (QED) is 0.383. The van der Waals surface area contributed by atoms with Gasteiger partial charge in [-0.25, -0.2) is 4.99 Å². The number of benzene rings is 1. The second-order valence-corrected chi connectivity index (χ2v) is 6.02. The molecule has 0 aliphatic heterocycles. The van der Waals surface area contributed by atoms with Crippen LogP contribution in [0.25, 0.3) is 0 Å². The number of hydrogen-bond donors (Lipinski definition) is 2. The number of nitrogens with zero attached hydrogens (tertiary/aromatic N) is 3. The number of guanidine groups is 1. The minimum atomic E-state index is 0. The van der Waals surface area contributed by atoms with E-state index in [0.29, 0.717) is 16.6 Å². The number of aryl methyl sites for hydroxylation is 1. The largest absolute Gasteiger partial charge is 0.357 e. The first-order valence-electron chi connectivity index (χ1n) is 7.48. The molecule has 2 N–H and O–H groups in total. The Labute approximate surface area is 169 Å². The van der Waals surface area contributed by atoms with E-state index in [-0.39, 0.29) is 30.0 Å².